The fourth-order valence-electron chi connectivity index (χ4n) is 11.2. The number of carbonyl (C=O) groups excluding carboxylic acids is 6. The second-order valence-corrected chi connectivity index (χ2v) is 22.8. The molecule has 6 amide bonds. The second-order valence-electron chi connectivity index (χ2n) is 21.1. The van der Waals surface area contributed by atoms with Crippen LogP contribution in [0.3, 0.4) is 0 Å². The maximum absolute atomic E-state index is 14.9. The summed E-state index contributed by atoms with van der Waals surface area (Å²) < 4.78 is 20.9. The van der Waals surface area contributed by atoms with Crippen molar-refractivity contribution in [2.75, 3.05) is 13.1 Å². The Balaban J connectivity index is 0.829. The summed E-state index contributed by atoms with van der Waals surface area (Å²) >= 11 is 3.06. The number of amides is 6. The van der Waals surface area contributed by atoms with Gasteiger partial charge in [0.25, 0.3) is 11.8 Å². The molecule has 6 aromatic rings. The van der Waals surface area contributed by atoms with Crippen LogP contribution in [0.4, 0.5) is 4.39 Å². The van der Waals surface area contributed by atoms with E-state index in [4.69, 9.17) is 4.74 Å². The topological polar surface area (TPSA) is 195 Å². The molecule has 0 saturated carbocycles. The van der Waals surface area contributed by atoms with Crippen LogP contribution in [0.2, 0.25) is 0 Å². The van der Waals surface area contributed by atoms with Gasteiger partial charge in [-0.2, -0.15) is 0 Å². The van der Waals surface area contributed by atoms with E-state index in [1.807, 2.05) is 83.1 Å². The van der Waals surface area contributed by atoms with Crippen molar-refractivity contribution in [2.45, 2.75) is 110 Å². The Morgan fingerprint density at radius 2 is 1.23 bits per heavy atom. The minimum atomic E-state index is -0.993. The summed E-state index contributed by atoms with van der Waals surface area (Å²) in [6.45, 7) is 13.6. The van der Waals surface area contributed by atoms with Crippen molar-refractivity contribution < 1.29 is 43.0 Å². The zero-order valence-electron chi connectivity index (χ0n) is 44.0. The summed E-state index contributed by atoms with van der Waals surface area (Å²) in [6.07, 6.45) is 0.199. The second kappa shape index (κ2) is 22.4. The first-order chi connectivity index (χ1) is 37.5. The highest BCUT2D eigenvalue weighted by molar-refractivity contribution is 7.13. The lowest BCUT2D eigenvalue weighted by Gasteiger charge is -2.35. The number of aryl methyl sites for hydroxylation is 1. The van der Waals surface area contributed by atoms with Crippen molar-refractivity contribution in [3.63, 3.8) is 0 Å². The quantitative estimate of drug-likeness (QED) is 0.0818. The van der Waals surface area contributed by atoms with E-state index in [2.05, 4.69) is 27.2 Å². The molecule has 10 rings (SSSR count). The fourth-order valence-corrected chi connectivity index (χ4v) is 12.9. The molecule has 16 nitrogen and oxygen atoms in total. The van der Waals surface area contributed by atoms with Crippen LogP contribution in [0.5, 0.6) is 5.75 Å². The van der Waals surface area contributed by atoms with Crippen molar-refractivity contribution in [3.05, 3.63) is 153 Å². The highest BCUT2D eigenvalue weighted by Crippen LogP contribution is 2.36. The van der Waals surface area contributed by atoms with Gasteiger partial charge in [0.1, 0.15) is 41.8 Å². The zero-order chi connectivity index (χ0) is 55.1. The number of benzene rings is 4. The summed E-state index contributed by atoms with van der Waals surface area (Å²) in [4.78, 5) is 103. The van der Waals surface area contributed by atoms with E-state index in [1.54, 1.807) is 52.7 Å². The van der Waals surface area contributed by atoms with Crippen LogP contribution in [0.1, 0.15) is 94.9 Å². The molecule has 6 atom stereocenters. The molecule has 0 spiro atoms. The third kappa shape index (κ3) is 10.7. The first-order valence-electron chi connectivity index (χ1n) is 26.2. The minimum absolute atomic E-state index is 0.0131. The number of ether oxygens (including phenoxy) is 1. The zero-order valence-corrected chi connectivity index (χ0v) is 45.6. The van der Waals surface area contributed by atoms with Gasteiger partial charge in [-0.3, -0.25) is 28.8 Å². The molecule has 3 N–H and O–H groups in total. The van der Waals surface area contributed by atoms with Crippen LogP contribution in [0.25, 0.3) is 27.0 Å². The molecule has 0 bridgehead atoms. The van der Waals surface area contributed by atoms with Crippen molar-refractivity contribution in [1.29, 1.82) is 0 Å². The van der Waals surface area contributed by atoms with Crippen molar-refractivity contribution in [1.82, 2.24) is 40.2 Å². The first kappa shape index (κ1) is 53.8. The van der Waals surface area contributed by atoms with Gasteiger partial charge in [0.15, 0.2) is 0 Å². The van der Waals surface area contributed by atoms with Gasteiger partial charge in [0.05, 0.1) is 44.8 Å². The number of fused-ring (bicyclic) bond motifs is 2. The lowest BCUT2D eigenvalue weighted by atomic mass is 10.0. The van der Waals surface area contributed by atoms with E-state index in [1.165, 1.54) is 43.1 Å². The average Bonchev–Trinajstić information content (AvgIpc) is 4.45. The van der Waals surface area contributed by atoms with E-state index in [-0.39, 0.29) is 69.5 Å². The molecule has 404 valence electrons. The summed E-state index contributed by atoms with van der Waals surface area (Å²) in [5, 5.41) is 16.8. The lowest BCUT2D eigenvalue weighted by Crippen LogP contribution is -2.55. The molecule has 0 unspecified atom stereocenters. The summed E-state index contributed by atoms with van der Waals surface area (Å²) in [5.74, 6) is -3.57. The Bertz CT molecular complexity index is 3310. The number of aromatic nitrogens is 2. The Hall–Kier alpha value is -7.61. The number of aliphatic hydroxyl groups excluding tert-OH is 1. The number of hydrogen-bond acceptors (Lipinski definition) is 12. The Morgan fingerprint density at radius 1 is 0.718 bits per heavy atom. The number of thiazole rings is 2. The first-order valence-corrected chi connectivity index (χ1v) is 27.9. The molecular weight excluding hydrogens is 1030 g/mol. The minimum Gasteiger partial charge on any atom is -0.488 e. The van der Waals surface area contributed by atoms with E-state index in [0.29, 0.717) is 22.4 Å². The number of hydrogen-bond donors (Lipinski definition) is 3. The molecule has 4 aromatic carbocycles. The average molecular weight is 1090 g/mol. The molecule has 2 fully saturated rings. The van der Waals surface area contributed by atoms with E-state index in [0.717, 1.165) is 43.4 Å². The summed E-state index contributed by atoms with van der Waals surface area (Å²) in [7, 11) is 0. The van der Waals surface area contributed by atoms with E-state index in [9.17, 15) is 38.3 Å². The van der Waals surface area contributed by atoms with Crippen LogP contribution in [0.15, 0.2) is 103 Å². The standard InChI is InChI=1S/C59H61FN8O8S2/c1-7-47-53(78-31-64-47)38-14-10-36(11-15-38)24-61-54(70)48-21-42(69)28-65(48)58(74)50(32(2)3)68-27-40-17-19-43(22-46(40)57(68)73)76-44-23-49(55(71)62-25-35-8-12-37(13-9-35)52-34(6)63-30-77-52)66(29-44)59(75)51(33(4)5)67-26-39-16-18-41(60)20-45(39)56(67)72/h7-20,22,30-33,42,44,48-51,69H,1,21,23-29H2,2-6H3,(H,61,70)(H,62,71)/t42-,44-,48+,49+,50+,51+/m1/s1. The number of aliphatic hydroxyl groups is 1. The van der Waals surface area contributed by atoms with Gasteiger partial charge >= 0.3 is 0 Å². The largest absolute Gasteiger partial charge is 0.488 e. The van der Waals surface area contributed by atoms with E-state index >= 15 is 0 Å². The predicted octanol–water partition coefficient (Wildman–Crippen LogP) is 7.63. The molecule has 78 heavy (non-hydrogen) atoms. The number of carbonyl (C=O) groups is 6. The molecule has 4 aliphatic rings. The maximum Gasteiger partial charge on any atom is 0.255 e. The van der Waals surface area contributed by atoms with Crippen molar-refractivity contribution in [2.24, 2.45) is 11.8 Å². The summed E-state index contributed by atoms with van der Waals surface area (Å²) in [6, 6.07) is 20.8. The van der Waals surface area contributed by atoms with E-state index < -0.39 is 77.6 Å². The third-order valence-corrected chi connectivity index (χ3v) is 17.0. The molecule has 2 aromatic heterocycles. The molecule has 2 saturated heterocycles. The molecule has 0 aliphatic carbocycles. The Kier molecular flexibility index (Phi) is 15.4. The highest BCUT2D eigenvalue weighted by Gasteiger charge is 2.49. The Morgan fingerprint density at radius 3 is 1.78 bits per heavy atom. The van der Waals surface area contributed by atoms with Crippen LogP contribution in [-0.2, 0) is 45.4 Å². The number of halogens is 1. The molecule has 19 heteroatoms. The van der Waals surface area contributed by atoms with Gasteiger partial charge in [-0.25, -0.2) is 14.4 Å². The van der Waals surface area contributed by atoms with Crippen LogP contribution in [0, 0.1) is 24.6 Å². The van der Waals surface area contributed by atoms with Gasteiger partial charge in [-0.1, -0.05) is 94.9 Å². The number of β-amino-alcohol motifs (C(OH)–C–C–N with tert-alkyl or cyclic N) is 1. The third-order valence-electron chi connectivity index (χ3n) is 15.2. The van der Waals surface area contributed by atoms with Crippen LogP contribution >= 0.6 is 22.7 Å². The van der Waals surface area contributed by atoms with Gasteiger partial charge in [0, 0.05) is 56.7 Å². The summed E-state index contributed by atoms with van der Waals surface area (Å²) in [5.41, 5.74) is 10.8. The molecular formula is C59H61FN8O8S2. The van der Waals surface area contributed by atoms with Gasteiger partial charge in [0.2, 0.25) is 23.6 Å². The fraction of sp³-hybridized carbons (Fsp3) is 0.356. The van der Waals surface area contributed by atoms with Crippen LogP contribution in [-0.4, -0.2) is 120 Å². The maximum atomic E-state index is 14.9. The van der Waals surface area contributed by atoms with Gasteiger partial charge in [-0.15, -0.1) is 22.7 Å². The normalized spacial score (nSPS) is 19.6. The number of nitrogens with one attached hydrogen (secondary N) is 2. The Labute approximate surface area is 459 Å². The highest BCUT2D eigenvalue weighted by atomic mass is 32.1. The number of likely N-dealkylation sites (tertiary alicyclic amines) is 2. The van der Waals surface area contributed by atoms with Crippen LogP contribution < -0.4 is 15.4 Å². The van der Waals surface area contributed by atoms with Crippen molar-refractivity contribution >= 4 is 64.2 Å². The number of rotatable bonds is 17. The smallest absolute Gasteiger partial charge is 0.255 e. The molecule has 4 aliphatic heterocycles. The van der Waals surface area contributed by atoms with Gasteiger partial charge in [-0.05, 0) is 82.5 Å². The van der Waals surface area contributed by atoms with Gasteiger partial charge < -0.3 is 40.1 Å². The molecule has 6 heterocycles. The predicted molar refractivity (Wildman–Crippen MR) is 294 cm³/mol. The monoisotopic (exact) mass is 1090 g/mol. The number of nitrogens with zero attached hydrogens (tertiary/aromatic N) is 6. The van der Waals surface area contributed by atoms with Crippen molar-refractivity contribution in [3.8, 4) is 26.6 Å². The lowest BCUT2D eigenvalue weighted by molar-refractivity contribution is -0.143. The SMILES string of the molecule is C=Cc1ncsc1-c1ccc(CNC(=O)[C@@H]2C[C@@H](O)CN2C(=O)[C@H](C(C)C)N2Cc3ccc(O[C@@H]4C[C@@H](C(=O)NCc5ccc(-c6scnc6C)cc5)N(C(=O)[C@H](C(C)C)N5Cc6ccc(F)cc6C5=O)C4)cc3C2=O)cc1. The molecule has 0 radical (unpaired) electrons.